The molecule has 1 heterocycles. The summed E-state index contributed by atoms with van der Waals surface area (Å²) >= 11 is 1.59. The zero-order valence-electron chi connectivity index (χ0n) is 12.1. The van der Waals surface area contributed by atoms with Gasteiger partial charge in [-0.2, -0.15) is 5.10 Å². The van der Waals surface area contributed by atoms with Crippen LogP contribution in [-0.2, 0) is 0 Å². The van der Waals surface area contributed by atoms with E-state index in [0.717, 1.165) is 17.0 Å². The molecule has 0 aliphatic heterocycles. The molecule has 2 aromatic rings. The Labute approximate surface area is 128 Å². The van der Waals surface area contributed by atoms with E-state index >= 15 is 0 Å². The van der Waals surface area contributed by atoms with Gasteiger partial charge in [-0.15, -0.1) is 11.3 Å². The predicted molar refractivity (Wildman–Crippen MR) is 86.2 cm³/mol. The van der Waals surface area contributed by atoms with Crippen molar-refractivity contribution in [3.63, 3.8) is 0 Å². The largest absolute Gasteiger partial charge is 0.493 e. The zero-order valence-corrected chi connectivity index (χ0v) is 12.9. The van der Waals surface area contributed by atoms with Gasteiger partial charge < -0.3 is 4.74 Å². The standard InChI is InChI=1S/C16H18N2O2S/c1-3-10-20-14-8-5-4-7-13(14)16(19)18-17-12(2)15-9-6-11-21-15/h4-9,11H,3,10H2,1-2H3,(H,18,19)/b17-12+. The molecule has 0 bridgehead atoms. The first-order valence-corrected chi connectivity index (χ1v) is 7.70. The van der Waals surface area contributed by atoms with Gasteiger partial charge in [-0.1, -0.05) is 25.1 Å². The van der Waals surface area contributed by atoms with Crippen molar-refractivity contribution in [1.29, 1.82) is 0 Å². The van der Waals surface area contributed by atoms with E-state index in [9.17, 15) is 4.79 Å². The highest BCUT2D eigenvalue weighted by Crippen LogP contribution is 2.18. The van der Waals surface area contributed by atoms with E-state index in [0.29, 0.717) is 17.9 Å². The second-order valence-electron chi connectivity index (χ2n) is 4.46. The van der Waals surface area contributed by atoms with Crippen LogP contribution < -0.4 is 10.2 Å². The Morgan fingerprint density at radius 2 is 2.10 bits per heavy atom. The monoisotopic (exact) mass is 302 g/mol. The number of para-hydroxylation sites is 1. The molecule has 0 saturated heterocycles. The summed E-state index contributed by atoms with van der Waals surface area (Å²) in [5, 5.41) is 6.11. The smallest absolute Gasteiger partial charge is 0.275 e. The van der Waals surface area contributed by atoms with Gasteiger partial charge in [0.25, 0.3) is 5.91 Å². The van der Waals surface area contributed by atoms with E-state index in [1.807, 2.05) is 43.5 Å². The van der Waals surface area contributed by atoms with Gasteiger partial charge in [0.05, 0.1) is 17.9 Å². The first kappa shape index (κ1) is 15.3. The summed E-state index contributed by atoms with van der Waals surface area (Å²) in [4.78, 5) is 13.2. The molecule has 0 fully saturated rings. The highest BCUT2D eigenvalue weighted by Gasteiger charge is 2.11. The van der Waals surface area contributed by atoms with Gasteiger partial charge in [0, 0.05) is 4.88 Å². The van der Waals surface area contributed by atoms with Gasteiger partial charge in [0.1, 0.15) is 5.75 Å². The number of ether oxygens (including phenoxy) is 1. The summed E-state index contributed by atoms with van der Waals surface area (Å²) < 4.78 is 5.58. The zero-order chi connectivity index (χ0) is 15.1. The van der Waals surface area contributed by atoms with Crippen LogP contribution in [0.1, 0.15) is 35.5 Å². The summed E-state index contributed by atoms with van der Waals surface area (Å²) in [6, 6.07) is 11.1. The van der Waals surface area contributed by atoms with Crippen LogP contribution >= 0.6 is 11.3 Å². The molecule has 1 aromatic heterocycles. The molecule has 0 radical (unpaired) electrons. The summed E-state index contributed by atoms with van der Waals surface area (Å²) in [6.45, 7) is 4.48. The number of benzene rings is 1. The van der Waals surface area contributed by atoms with Crippen LogP contribution in [0.2, 0.25) is 0 Å². The SMILES string of the molecule is CCCOc1ccccc1C(=O)N/N=C(\C)c1cccs1. The van der Waals surface area contributed by atoms with Crippen LogP contribution in [0.4, 0.5) is 0 Å². The molecule has 1 N–H and O–H groups in total. The first-order valence-electron chi connectivity index (χ1n) is 6.82. The maximum Gasteiger partial charge on any atom is 0.275 e. The summed E-state index contributed by atoms with van der Waals surface area (Å²) in [5.41, 5.74) is 3.86. The second-order valence-corrected chi connectivity index (χ2v) is 5.41. The van der Waals surface area contributed by atoms with E-state index in [2.05, 4.69) is 10.5 Å². The van der Waals surface area contributed by atoms with Gasteiger partial charge in [-0.25, -0.2) is 5.43 Å². The molecule has 21 heavy (non-hydrogen) atoms. The molecule has 0 spiro atoms. The number of nitrogens with zero attached hydrogens (tertiary/aromatic N) is 1. The minimum absolute atomic E-state index is 0.266. The number of nitrogens with one attached hydrogen (secondary N) is 1. The van der Waals surface area contributed by atoms with Crippen molar-refractivity contribution >= 4 is 23.0 Å². The molecule has 0 aliphatic rings. The highest BCUT2D eigenvalue weighted by atomic mass is 32.1. The van der Waals surface area contributed by atoms with Gasteiger partial charge in [0.15, 0.2) is 0 Å². The number of hydrogen-bond donors (Lipinski definition) is 1. The molecule has 110 valence electrons. The lowest BCUT2D eigenvalue weighted by atomic mass is 10.2. The number of rotatable bonds is 6. The third-order valence-electron chi connectivity index (χ3n) is 2.80. The van der Waals surface area contributed by atoms with Crippen molar-refractivity contribution in [2.24, 2.45) is 5.10 Å². The summed E-state index contributed by atoms with van der Waals surface area (Å²) in [6.07, 6.45) is 0.894. The van der Waals surface area contributed by atoms with Crippen molar-refractivity contribution in [3.05, 3.63) is 52.2 Å². The molecular weight excluding hydrogens is 284 g/mol. The number of amides is 1. The quantitative estimate of drug-likeness (QED) is 0.653. The van der Waals surface area contributed by atoms with Crippen molar-refractivity contribution in [1.82, 2.24) is 5.43 Å². The average molecular weight is 302 g/mol. The lowest BCUT2D eigenvalue weighted by molar-refractivity contribution is 0.0950. The summed E-state index contributed by atoms with van der Waals surface area (Å²) in [7, 11) is 0. The topological polar surface area (TPSA) is 50.7 Å². The van der Waals surface area contributed by atoms with Crippen LogP contribution in [0.25, 0.3) is 0 Å². The maximum atomic E-state index is 12.2. The second kappa shape index (κ2) is 7.59. The molecule has 0 aliphatic carbocycles. The molecule has 5 heteroatoms. The molecule has 1 amide bonds. The van der Waals surface area contributed by atoms with E-state index in [4.69, 9.17) is 4.74 Å². The Morgan fingerprint density at radius 1 is 1.29 bits per heavy atom. The highest BCUT2D eigenvalue weighted by molar-refractivity contribution is 7.12. The molecule has 1 aromatic carbocycles. The van der Waals surface area contributed by atoms with Crippen molar-refractivity contribution < 1.29 is 9.53 Å². The Morgan fingerprint density at radius 3 is 2.81 bits per heavy atom. The molecule has 2 rings (SSSR count). The van der Waals surface area contributed by atoms with Crippen LogP contribution in [0, 0.1) is 0 Å². The third-order valence-corrected chi connectivity index (χ3v) is 3.77. The van der Waals surface area contributed by atoms with Crippen LogP contribution in [0.3, 0.4) is 0 Å². The van der Waals surface area contributed by atoms with Crippen molar-refractivity contribution in [2.75, 3.05) is 6.61 Å². The van der Waals surface area contributed by atoms with E-state index in [1.54, 1.807) is 23.5 Å². The fraction of sp³-hybridized carbons (Fsp3) is 0.250. The van der Waals surface area contributed by atoms with Crippen molar-refractivity contribution in [2.45, 2.75) is 20.3 Å². The molecular formula is C16H18N2O2S. The van der Waals surface area contributed by atoms with Crippen molar-refractivity contribution in [3.8, 4) is 5.75 Å². The van der Waals surface area contributed by atoms with Gasteiger partial charge in [-0.05, 0) is 36.9 Å². The van der Waals surface area contributed by atoms with Crippen LogP contribution in [0.15, 0.2) is 46.9 Å². The van der Waals surface area contributed by atoms with E-state index in [1.165, 1.54) is 0 Å². The van der Waals surface area contributed by atoms with Gasteiger partial charge in [-0.3, -0.25) is 4.79 Å². The Bertz CT molecular complexity index is 621. The average Bonchev–Trinajstić information content (AvgIpc) is 3.05. The van der Waals surface area contributed by atoms with E-state index < -0.39 is 0 Å². The number of carbonyl (C=O) groups excluding carboxylic acids is 1. The fourth-order valence-electron chi connectivity index (χ4n) is 1.73. The Balaban J connectivity index is 2.08. The summed E-state index contributed by atoms with van der Waals surface area (Å²) in [5.74, 6) is 0.318. The van der Waals surface area contributed by atoms with E-state index in [-0.39, 0.29) is 5.91 Å². The number of hydrazone groups is 1. The molecule has 0 unspecified atom stereocenters. The molecule has 0 saturated carbocycles. The van der Waals surface area contributed by atoms with Gasteiger partial charge in [0.2, 0.25) is 0 Å². The maximum absolute atomic E-state index is 12.2. The lowest BCUT2D eigenvalue weighted by Crippen LogP contribution is -2.20. The number of hydrogen-bond acceptors (Lipinski definition) is 4. The Kier molecular flexibility index (Phi) is 5.51. The third kappa shape index (κ3) is 4.16. The Hall–Kier alpha value is -2.14. The lowest BCUT2D eigenvalue weighted by Gasteiger charge is -2.09. The first-order chi connectivity index (χ1) is 10.2. The molecule has 0 atom stereocenters. The number of carbonyl (C=O) groups is 1. The molecule has 4 nitrogen and oxygen atoms in total. The van der Waals surface area contributed by atoms with Crippen LogP contribution in [0.5, 0.6) is 5.75 Å². The fourth-order valence-corrected chi connectivity index (χ4v) is 2.40. The number of thiophene rings is 1. The van der Waals surface area contributed by atoms with Crippen LogP contribution in [-0.4, -0.2) is 18.2 Å². The minimum atomic E-state index is -0.266. The van der Waals surface area contributed by atoms with Gasteiger partial charge >= 0.3 is 0 Å². The normalized spacial score (nSPS) is 11.2. The predicted octanol–water partition coefficient (Wildman–Crippen LogP) is 3.69. The minimum Gasteiger partial charge on any atom is -0.493 e.